The molecular weight excluding hydrogens is 414 g/mol. The van der Waals surface area contributed by atoms with Crippen molar-refractivity contribution in [3.63, 3.8) is 0 Å². The molecule has 0 fully saturated rings. The molecule has 0 atom stereocenters. The van der Waals surface area contributed by atoms with Crippen molar-refractivity contribution in [2.75, 3.05) is 6.54 Å². The molecule has 2 heterocycles. The van der Waals surface area contributed by atoms with Crippen LogP contribution in [-0.2, 0) is 10.2 Å². The number of nitrogens with one attached hydrogen (secondary N) is 1. The number of aromatic nitrogens is 1. The number of aliphatic carboxylic acids is 1. The highest BCUT2D eigenvalue weighted by molar-refractivity contribution is 6.34. The summed E-state index contributed by atoms with van der Waals surface area (Å²) in [4.78, 5) is 29.4. The second kappa shape index (κ2) is 6.95. The van der Waals surface area contributed by atoms with E-state index in [9.17, 15) is 23.5 Å². The Morgan fingerprint density at radius 3 is 2.50 bits per heavy atom. The van der Waals surface area contributed by atoms with Crippen molar-refractivity contribution >= 4 is 40.0 Å². The van der Waals surface area contributed by atoms with E-state index in [1.807, 2.05) is 38.1 Å². The van der Waals surface area contributed by atoms with Crippen LogP contribution in [0.5, 0.6) is 0 Å². The number of rotatable bonds is 2. The molecule has 8 heteroatoms. The Hall–Kier alpha value is -3.19. The van der Waals surface area contributed by atoms with Crippen LogP contribution in [0.1, 0.15) is 35.5 Å². The monoisotopic (exact) mass is 430 g/mol. The topological polar surface area (TPSA) is 73.4 Å². The van der Waals surface area contributed by atoms with Gasteiger partial charge in [0.2, 0.25) is 0 Å². The summed E-state index contributed by atoms with van der Waals surface area (Å²) in [7, 11) is 0. The third-order valence-electron chi connectivity index (χ3n) is 5.25. The highest BCUT2D eigenvalue weighted by Gasteiger charge is 2.38. The number of carboxylic acid groups (broad SMARTS) is 1. The van der Waals surface area contributed by atoms with Crippen molar-refractivity contribution in [3.8, 4) is 0 Å². The van der Waals surface area contributed by atoms with E-state index < -0.39 is 39.5 Å². The maximum absolute atomic E-state index is 14.4. The second-order valence-electron chi connectivity index (χ2n) is 7.80. The van der Waals surface area contributed by atoms with Crippen LogP contribution in [0.4, 0.5) is 8.78 Å². The predicted molar refractivity (Wildman–Crippen MR) is 109 cm³/mol. The minimum atomic E-state index is -1.26. The average molecular weight is 431 g/mol. The van der Waals surface area contributed by atoms with Crippen LogP contribution in [0.15, 0.2) is 42.6 Å². The standard InChI is InChI=1S/C22H17ClF2N2O3/c1-22(2)10-27(20(28)16-13(24)7-8-14(25)18(16)23)9-12(21(29)30)19-17(22)11-5-3-4-6-15(11)26-19/h3-9,26H,10H2,1-2H3,(H,29,30). The number of amides is 1. The Bertz CT molecular complexity index is 1250. The highest BCUT2D eigenvalue weighted by Crippen LogP contribution is 2.40. The van der Waals surface area contributed by atoms with Crippen LogP contribution in [0, 0.1) is 11.6 Å². The van der Waals surface area contributed by atoms with Gasteiger partial charge in [0.1, 0.15) is 11.6 Å². The van der Waals surface area contributed by atoms with Gasteiger partial charge >= 0.3 is 5.97 Å². The molecule has 5 nitrogen and oxygen atoms in total. The van der Waals surface area contributed by atoms with Crippen molar-refractivity contribution in [3.05, 3.63) is 76.1 Å². The quantitative estimate of drug-likeness (QED) is 0.564. The van der Waals surface area contributed by atoms with Gasteiger partial charge in [-0.3, -0.25) is 4.79 Å². The lowest BCUT2D eigenvalue weighted by Crippen LogP contribution is -2.37. The van der Waals surface area contributed by atoms with Gasteiger partial charge in [-0.25, -0.2) is 13.6 Å². The number of carboxylic acids is 1. The number of carbonyl (C=O) groups is 2. The Balaban J connectivity index is 1.93. The smallest absolute Gasteiger partial charge is 0.339 e. The lowest BCUT2D eigenvalue weighted by atomic mass is 9.81. The fraction of sp³-hybridized carbons (Fsp3) is 0.182. The van der Waals surface area contributed by atoms with Gasteiger partial charge < -0.3 is 15.0 Å². The van der Waals surface area contributed by atoms with E-state index in [1.54, 1.807) is 0 Å². The van der Waals surface area contributed by atoms with E-state index >= 15 is 0 Å². The molecule has 0 saturated carbocycles. The summed E-state index contributed by atoms with van der Waals surface area (Å²) in [5, 5.41) is 10.0. The zero-order valence-corrected chi connectivity index (χ0v) is 16.8. The van der Waals surface area contributed by atoms with Gasteiger partial charge in [0.15, 0.2) is 0 Å². The van der Waals surface area contributed by atoms with Crippen molar-refractivity contribution < 1.29 is 23.5 Å². The fourth-order valence-electron chi connectivity index (χ4n) is 3.98. The molecule has 1 amide bonds. The summed E-state index contributed by atoms with van der Waals surface area (Å²) in [6, 6.07) is 9.02. The van der Waals surface area contributed by atoms with Crippen molar-refractivity contribution in [1.29, 1.82) is 0 Å². The Kier molecular flexibility index (Phi) is 4.66. The van der Waals surface area contributed by atoms with E-state index in [0.717, 1.165) is 39.7 Å². The number of aromatic amines is 1. The first-order chi connectivity index (χ1) is 14.1. The lowest BCUT2D eigenvalue weighted by Gasteiger charge is -2.30. The first kappa shape index (κ1) is 20.1. The van der Waals surface area contributed by atoms with Gasteiger partial charge in [0.25, 0.3) is 5.91 Å². The molecule has 3 aromatic rings. The fourth-order valence-corrected chi connectivity index (χ4v) is 4.21. The summed E-state index contributed by atoms with van der Waals surface area (Å²) >= 11 is 5.86. The molecule has 1 aliphatic heterocycles. The Labute approximate surface area is 175 Å². The van der Waals surface area contributed by atoms with Gasteiger partial charge in [-0.2, -0.15) is 0 Å². The molecule has 1 aliphatic rings. The summed E-state index contributed by atoms with van der Waals surface area (Å²) in [6.45, 7) is 3.74. The molecule has 2 N–H and O–H groups in total. The van der Waals surface area contributed by atoms with E-state index in [1.165, 1.54) is 0 Å². The minimum Gasteiger partial charge on any atom is -0.478 e. The van der Waals surface area contributed by atoms with Crippen LogP contribution >= 0.6 is 11.6 Å². The van der Waals surface area contributed by atoms with Gasteiger partial charge in [-0.1, -0.05) is 43.6 Å². The number of benzene rings is 2. The first-order valence-electron chi connectivity index (χ1n) is 9.13. The van der Waals surface area contributed by atoms with E-state index in [-0.39, 0.29) is 12.1 Å². The summed E-state index contributed by atoms with van der Waals surface area (Å²) < 4.78 is 28.2. The van der Waals surface area contributed by atoms with Crippen molar-refractivity contribution in [2.24, 2.45) is 0 Å². The molecule has 0 spiro atoms. The number of H-pyrrole nitrogens is 1. The maximum Gasteiger partial charge on any atom is 0.339 e. The summed E-state index contributed by atoms with van der Waals surface area (Å²) in [5.41, 5.74) is 0.357. The minimum absolute atomic E-state index is 0.0315. The number of hydrogen-bond donors (Lipinski definition) is 2. The Morgan fingerprint density at radius 2 is 1.80 bits per heavy atom. The largest absolute Gasteiger partial charge is 0.478 e. The molecule has 0 bridgehead atoms. The van der Waals surface area contributed by atoms with Crippen LogP contribution in [-0.4, -0.2) is 33.4 Å². The molecule has 0 unspecified atom stereocenters. The van der Waals surface area contributed by atoms with Gasteiger partial charge in [-0.15, -0.1) is 0 Å². The molecule has 0 saturated heterocycles. The van der Waals surface area contributed by atoms with Gasteiger partial charge in [0, 0.05) is 29.1 Å². The third kappa shape index (κ3) is 3.06. The second-order valence-corrected chi connectivity index (χ2v) is 8.18. The number of para-hydroxylation sites is 1. The highest BCUT2D eigenvalue weighted by atomic mass is 35.5. The van der Waals surface area contributed by atoms with Crippen LogP contribution in [0.25, 0.3) is 16.5 Å². The molecular formula is C22H17ClF2N2O3. The number of halogens is 3. The number of fused-ring (bicyclic) bond motifs is 3. The number of nitrogens with zero attached hydrogens (tertiary/aromatic N) is 1. The van der Waals surface area contributed by atoms with Crippen LogP contribution < -0.4 is 0 Å². The normalized spacial score (nSPS) is 15.5. The molecule has 30 heavy (non-hydrogen) atoms. The summed E-state index contributed by atoms with van der Waals surface area (Å²) in [6.07, 6.45) is 1.15. The SMILES string of the molecule is CC1(C)CN(C(=O)c2c(F)ccc(F)c2Cl)C=C(C(=O)O)c2[nH]c3ccccc3c21. The van der Waals surface area contributed by atoms with Crippen LogP contribution in [0.2, 0.25) is 5.02 Å². The predicted octanol–water partition coefficient (Wildman–Crippen LogP) is 4.96. The average Bonchev–Trinajstić information content (AvgIpc) is 3.02. The van der Waals surface area contributed by atoms with Crippen LogP contribution in [0.3, 0.4) is 0 Å². The van der Waals surface area contributed by atoms with Gasteiger partial charge in [0.05, 0.1) is 21.9 Å². The van der Waals surface area contributed by atoms with E-state index in [4.69, 9.17) is 11.6 Å². The van der Waals surface area contributed by atoms with Crippen molar-refractivity contribution in [2.45, 2.75) is 19.3 Å². The Morgan fingerprint density at radius 1 is 1.13 bits per heavy atom. The summed E-state index contributed by atoms with van der Waals surface area (Å²) in [5.74, 6) is -4.10. The maximum atomic E-state index is 14.4. The molecule has 1 aromatic heterocycles. The molecule has 2 aromatic carbocycles. The zero-order chi connectivity index (χ0) is 21.8. The number of hydrogen-bond acceptors (Lipinski definition) is 2. The van der Waals surface area contributed by atoms with E-state index in [0.29, 0.717) is 5.69 Å². The first-order valence-corrected chi connectivity index (χ1v) is 9.51. The van der Waals surface area contributed by atoms with Gasteiger partial charge in [-0.05, 0) is 23.8 Å². The van der Waals surface area contributed by atoms with Crippen molar-refractivity contribution in [1.82, 2.24) is 9.88 Å². The van der Waals surface area contributed by atoms with E-state index in [2.05, 4.69) is 4.98 Å². The third-order valence-corrected chi connectivity index (χ3v) is 5.62. The molecule has 4 rings (SSSR count). The molecule has 0 radical (unpaired) electrons. The zero-order valence-electron chi connectivity index (χ0n) is 16.1. The number of carbonyl (C=O) groups excluding carboxylic acids is 1. The molecule has 154 valence electrons. The lowest BCUT2D eigenvalue weighted by molar-refractivity contribution is -0.130. The molecule has 0 aliphatic carbocycles.